The molecule has 0 saturated heterocycles. The van der Waals surface area contributed by atoms with E-state index in [0.29, 0.717) is 0 Å². The molecule has 1 heteroatoms. The van der Waals surface area contributed by atoms with Crippen molar-refractivity contribution in [2.45, 2.75) is 27.7 Å². The van der Waals surface area contributed by atoms with Crippen molar-refractivity contribution in [1.29, 1.82) is 0 Å². The third-order valence-electron chi connectivity index (χ3n) is 3.96. The van der Waals surface area contributed by atoms with Gasteiger partial charge in [0.2, 0.25) is 0 Å². The van der Waals surface area contributed by atoms with E-state index >= 15 is 0 Å². The van der Waals surface area contributed by atoms with Gasteiger partial charge in [0.1, 0.15) is 0 Å². The summed E-state index contributed by atoms with van der Waals surface area (Å²) in [6.45, 7) is 15.9. The van der Waals surface area contributed by atoms with E-state index in [2.05, 4.69) is 78.8 Å². The first-order valence-corrected chi connectivity index (χ1v) is 9.26. The molecule has 0 fully saturated rings. The van der Waals surface area contributed by atoms with Crippen LogP contribution in [0.3, 0.4) is 0 Å². The summed E-state index contributed by atoms with van der Waals surface area (Å²) in [6.07, 6.45) is 22.3. The van der Waals surface area contributed by atoms with Gasteiger partial charge >= 0.3 is 0 Å². The lowest BCUT2D eigenvalue weighted by molar-refractivity contribution is 1.13. The van der Waals surface area contributed by atoms with Gasteiger partial charge < -0.3 is 4.90 Å². The topological polar surface area (TPSA) is 3.24 Å². The minimum absolute atomic E-state index is 0.976. The highest BCUT2D eigenvalue weighted by Gasteiger charge is 2.12. The molecule has 0 bridgehead atoms. The summed E-state index contributed by atoms with van der Waals surface area (Å²) < 4.78 is 0. The Kier molecular flexibility index (Phi) is 10.0. The number of nitrogens with zero attached hydrogens (tertiary/aromatic N) is 1. The van der Waals surface area contributed by atoms with Gasteiger partial charge in [0, 0.05) is 17.1 Å². The van der Waals surface area contributed by atoms with Gasteiger partial charge in [-0.05, 0) is 69.2 Å². The third kappa shape index (κ3) is 6.63. The Hall–Kier alpha value is -3.06. The van der Waals surface area contributed by atoms with E-state index in [0.717, 1.165) is 22.6 Å². The number of anilines is 1. The van der Waals surface area contributed by atoms with Gasteiger partial charge in [-0.25, -0.2) is 0 Å². The lowest BCUT2D eigenvalue weighted by atomic mass is 10.1. The summed E-state index contributed by atoms with van der Waals surface area (Å²) in [6, 6.07) is 8.49. The van der Waals surface area contributed by atoms with Crippen LogP contribution in [0.2, 0.25) is 0 Å². The quantitative estimate of drug-likeness (QED) is 0.408. The fourth-order valence-electron chi connectivity index (χ4n) is 2.64. The summed E-state index contributed by atoms with van der Waals surface area (Å²) in [5.41, 5.74) is 5.48. The molecule has 0 unspecified atom stereocenters. The summed E-state index contributed by atoms with van der Waals surface area (Å²) in [7, 11) is 0. The van der Waals surface area contributed by atoms with Crippen LogP contribution in [0, 0.1) is 0 Å². The molecule has 0 saturated carbocycles. The molecule has 0 atom stereocenters. The summed E-state index contributed by atoms with van der Waals surface area (Å²) in [5, 5.41) is 0. The standard InChI is InChI=1S/C26H31N/c1-7-13-22(10-4)16-17-23-18-20-26(21-19-23)27(24(11-5)14-8-2)25(12-6)15-9-3/h7-21H,2,5H2,1,3-4,6H3/b13-7-,15-9-,17-16+,22-10+,24-14+,25-12+. The van der Waals surface area contributed by atoms with Gasteiger partial charge in [-0.15, -0.1) is 0 Å². The van der Waals surface area contributed by atoms with Crippen LogP contribution in [0.15, 0.2) is 115 Å². The van der Waals surface area contributed by atoms with Crippen molar-refractivity contribution >= 4 is 11.8 Å². The predicted octanol–water partition coefficient (Wildman–Crippen LogP) is 7.76. The molecule has 1 aromatic carbocycles. The average Bonchev–Trinajstić information content (AvgIpc) is 2.70. The smallest absolute Gasteiger partial charge is 0.0461 e. The second-order valence-electron chi connectivity index (χ2n) is 5.79. The van der Waals surface area contributed by atoms with Crippen molar-refractivity contribution in [2.75, 3.05) is 4.90 Å². The molecule has 0 aliphatic rings. The van der Waals surface area contributed by atoms with E-state index in [1.165, 1.54) is 5.57 Å². The Bertz CT molecular complexity index is 793. The van der Waals surface area contributed by atoms with Crippen molar-refractivity contribution in [3.8, 4) is 0 Å². The molecule has 0 aliphatic carbocycles. The molecule has 1 aromatic rings. The monoisotopic (exact) mass is 357 g/mol. The predicted molar refractivity (Wildman–Crippen MR) is 124 cm³/mol. The molecule has 0 aliphatic heterocycles. The number of hydrogen-bond donors (Lipinski definition) is 0. The molecule has 1 rings (SSSR count). The maximum atomic E-state index is 3.96. The van der Waals surface area contributed by atoms with Crippen LogP contribution in [0.25, 0.3) is 6.08 Å². The number of allylic oxidation sites excluding steroid dienone is 11. The molecule has 0 spiro atoms. The molecular weight excluding hydrogens is 326 g/mol. The van der Waals surface area contributed by atoms with Gasteiger partial charge in [0.25, 0.3) is 0 Å². The van der Waals surface area contributed by atoms with Crippen LogP contribution in [-0.2, 0) is 0 Å². The normalized spacial score (nSPS) is 13.7. The van der Waals surface area contributed by atoms with Gasteiger partial charge in [-0.3, -0.25) is 0 Å². The first kappa shape index (κ1) is 22.0. The largest absolute Gasteiger partial charge is 0.311 e. The van der Waals surface area contributed by atoms with E-state index in [9.17, 15) is 0 Å². The zero-order valence-electron chi connectivity index (χ0n) is 17.0. The first-order chi connectivity index (χ1) is 13.1. The zero-order valence-corrected chi connectivity index (χ0v) is 17.0. The van der Waals surface area contributed by atoms with Crippen molar-refractivity contribution in [2.24, 2.45) is 0 Å². The van der Waals surface area contributed by atoms with Crippen molar-refractivity contribution < 1.29 is 0 Å². The Labute approximate surface area is 165 Å². The van der Waals surface area contributed by atoms with Gasteiger partial charge in [0.05, 0.1) is 0 Å². The van der Waals surface area contributed by atoms with Crippen LogP contribution in [0.5, 0.6) is 0 Å². The number of benzene rings is 1. The second-order valence-corrected chi connectivity index (χ2v) is 5.79. The minimum Gasteiger partial charge on any atom is -0.311 e. The van der Waals surface area contributed by atoms with E-state index in [1.807, 2.05) is 52.0 Å². The molecular formula is C26H31N. The van der Waals surface area contributed by atoms with Crippen LogP contribution in [-0.4, -0.2) is 0 Å². The lowest BCUT2D eigenvalue weighted by Crippen LogP contribution is -2.19. The molecule has 140 valence electrons. The molecule has 0 aromatic heterocycles. The molecule has 0 radical (unpaired) electrons. The summed E-state index contributed by atoms with van der Waals surface area (Å²) in [5.74, 6) is 0. The molecule has 0 N–H and O–H groups in total. The Morgan fingerprint density at radius 1 is 0.815 bits per heavy atom. The Balaban J connectivity index is 3.29. The molecule has 0 amide bonds. The van der Waals surface area contributed by atoms with E-state index < -0.39 is 0 Å². The maximum Gasteiger partial charge on any atom is 0.0461 e. The first-order valence-electron chi connectivity index (χ1n) is 9.26. The fourth-order valence-corrected chi connectivity index (χ4v) is 2.64. The third-order valence-corrected chi connectivity index (χ3v) is 3.96. The fraction of sp³-hybridized carbons (Fsp3) is 0.154. The second kappa shape index (κ2) is 12.3. The summed E-state index contributed by atoms with van der Waals surface area (Å²) in [4.78, 5) is 2.17. The lowest BCUT2D eigenvalue weighted by Gasteiger charge is -2.27. The van der Waals surface area contributed by atoms with E-state index in [4.69, 9.17) is 0 Å². The highest BCUT2D eigenvalue weighted by molar-refractivity contribution is 5.65. The van der Waals surface area contributed by atoms with Crippen LogP contribution < -0.4 is 4.90 Å². The molecule has 1 nitrogen and oxygen atoms in total. The van der Waals surface area contributed by atoms with E-state index in [-0.39, 0.29) is 0 Å². The maximum absolute atomic E-state index is 3.96. The highest BCUT2D eigenvalue weighted by atomic mass is 15.1. The Morgan fingerprint density at radius 2 is 1.48 bits per heavy atom. The van der Waals surface area contributed by atoms with Gasteiger partial charge in [0.15, 0.2) is 0 Å². The van der Waals surface area contributed by atoms with E-state index in [1.54, 1.807) is 6.08 Å². The number of hydrogen-bond acceptors (Lipinski definition) is 1. The molecule has 27 heavy (non-hydrogen) atoms. The summed E-state index contributed by atoms with van der Waals surface area (Å²) >= 11 is 0. The van der Waals surface area contributed by atoms with Crippen LogP contribution >= 0.6 is 0 Å². The average molecular weight is 358 g/mol. The van der Waals surface area contributed by atoms with Crippen LogP contribution in [0.4, 0.5) is 5.69 Å². The van der Waals surface area contributed by atoms with Crippen molar-refractivity contribution in [3.63, 3.8) is 0 Å². The van der Waals surface area contributed by atoms with Gasteiger partial charge in [-0.1, -0.05) is 73.9 Å². The van der Waals surface area contributed by atoms with Crippen molar-refractivity contribution in [1.82, 2.24) is 0 Å². The SMILES string of the molecule is C=C/C=C(\C=C)N(C(/C=C\C)=C/C)c1ccc(/C=C/C(/C=C\C)=C/C)cc1. The minimum atomic E-state index is 0.976. The van der Waals surface area contributed by atoms with Crippen LogP contribution in [0.1, 0.15) is 33.3 Å². The molecule has 0 heterocycles. The van der Waals surface area contributed by atoms with Gasteiger partial charge in [-0.2, -0.15) is 0 Å². The highest BCUT2D eigenvalue weighted by Crippen LogP contribution is 2.27. The zero-order chi connectivity index (χ0) is 20.1. The number of rotatable bonds is 9. The van der Waals surface area contributed by atoms with Crippen molar-refractivity contribution in [3.05, 3.63) is 121 Å². The Morgan fingerprint density at radius 3 is 1.96 bits per heavy atom.